The van der Waals surface area contributed by atoms with E-state index in [1.54, 1.807) is 13.8 Å². The second kappa shape index (κ2) is 9.97. The van der Waals surface area contributed by atoms with Gasteiger partial charge in [0, 0.05) is 25.9 Å². The summed E-state index contributed by atoms with van der Waals surface area (Å²) in [7, 11) is 0. The van der Waals surface area contributed by atoms with E-state index in [1.165, 1.54) is 6.92 Å². The Bertz CT molecular complexity index is 389. The number of hydrogen-bond donors (Lipinski definition) is 3. The average molecular weight is 331 g/mol. The van der Waals surface area contributed by atoms with E-state index in [2.05, 4.69) is 5.32 Å². The minimum atomic E-state index is -0.854. The molecular weight excluding hydrogens is 302 g/mol. The summed E-state index contributed by atoms with van der Waals surface area (Å²) in [5.41, 5.74) is 0. The van der Waals surface area contributed by atoms with Gasteiger partial charge in [0.1, 0.15) is 11.8 Å². The minimum Gasteiger partial charge on any atom is -0.394 e. The molecule has 1 amide bonds. The van der Waals surface area contributed by atoms with E-state index in [0.29, 0.717) is 13.0 Å². The van der Waals surface area contributed by atoms with Gasteiger partial charge in [-0.2, -0.15) is 0 Å². The van der Waals surface area contributed by atoms with E-state index in [1.807, 2.05) is 0 Å². The van der Waals surface area contributed by atoms with Gasteiger partial charge < -0.3 is 29.8 Å². The van der Waals surface area contributed by atoms with Crippen LogP contribution in [0.25, 0.3) is 0 Å². The van der Waals surface area contributed by atoms with Gasteiger partial charge in [0.15, 0.2) is 6.29 Å². The lowest BCUT2D eigenvalue weighted by molar-refractivity contribution is -0.254. The van der Waals surface area contributed by atoms with Crippen molar-refractivity contribution in [2.45, 2.75) is 71.0 Å². The minimum absolute atomic E-state index is 0.176. The standard InChI is InChI=1S/C16H29NO6/c1-10(19)7-5-4-6-8-22-16-14(17-12(3)20)15(21)11(2)13(9-18)23-16/h11,13-16,18,21H,4-9H2,1-3H3,(H,17,20)/t11-,13?,14?,15?,16+/m0/s1. The predicted octanol–water partition coefficient (Wildman–Crippen LogP) is 0.371. The molecule has 5 atom stereocenters. The van der Waals surface area contributed by atoms with Crippen molar-refractivity contribution in [1.82, 2.24) is 5.32 Å². The van der Waals surface area contributed by atoms with Gasteiger partial charge in [0.05, 0.1) is 18.8 Å². The predicted molar refractivity (Wildman–Crippen MR) is 83.6 cm³/mol. The summed E-state index contributed by atoms with van der Waals surface area (Å²) in [5.74, 6) is -0.412. The topological polar surface area (TPSA) is 105 Å². The molecule has 7 nitrogen and oxygen atoms in total. The SMILES string of the molecule is CC(=O)CCCCCO[C@@H]1OC(CO)[C@H](C)C(O)C1NC(C)=O. The molecule has 0 saturated carbocycles. The maximum absolute atomic E-state index is 11.3. The van der Waals surface area contributed by atoms with Crippen LogP contribution < -0.4 is 5.32 Å². The highest BCUT2D eigenvalue weighted by molar-refractivity contribution is 5.75. The fraction of sp³-hybridized carbons (Fsp3) is 0.875. The first-order valence-electron chi connectivity index (χ1n) is 8.19. The molecule has 0 aliphatic carbocycles. The summed E-state index contributed by atoms with van der Waals surface area (Å²) in [6.45, 7) is 4.88. The van der Waals surface area contributed by atoms with Crippen molar-refractivity contribution in [1.29, 1.82) is 0 Å². The molecule has 0 aromatic heterocycles. The van der Waals surface area contributed by atoms with E-state index in [9.17, 15) is 19.8 Å². The van der Waals surface area contributed by atoms with E-state index in [-0.39, 0.29) is 24.2 Å². The molecule has 1 saturated heterocycles. The smallest absolute Gasteiger partial charge is 0.217 e. The van der Waals surface area contributed by atoms with Gasteiger partial charge >= 0.3 is 0 Å². The number of ether oxygens (including phenoxy) is 2. The zero-order valence-corrected chi connectivity index (χ0v) is 14.2. The molecule has 1 heterocycles. The van der Waals surface area contributed by atoms with Crippen LogP contribution in [0.4, 0.5) is 0 Å². The number of rotatable bonds is 9. The molecule has 0 spiro atoms. The molecule has 0 bridgehead atoms. The van der Waals surface area contributed by atoms with Crippen LogP contribution in [-0.4, -0.2) is 59.7 Å². The highest BCUT2D eigenvalue weighted by Gasteiger charge is 2.43. The maximum atomic E-state index is 11.3. The zero-order valence-electron chi connectivity index (χ0n) is 14.2. The van der Waals surface area contributed by atoms with Crippen molar-refractivity contribution in [3.05, 3.63) is 0 Å². The first kappa shape index (κ1) is 20.0. The highest BCUT2D eigenvalue weighted by Crippen LogP contribution is 2.26. The molecule has 3 unspecified atom stereocenters. The number of unbranched alkanes of at least 4 members (excludes halogenated alkanes) is 2. The lowest BCUT2D eigenvalue weighted by Gasteiger charge is -2.43. The number of nitrogens with one attached hydrogen (secondary N) is 1. The van der Waals surface area contributed by atoms with Gasteiger partial charge in [-0.05, 0) is 19.8 Å². The van der Waals surface area contributed by atoms with Crippen molar-refractivity contribution in [2.24, 2.45) is 5.92 Å². The van der Waals surface area contributed by atoms with Crippen LogP contribution in [0.3, 0.4) is 0 Å². The number of carbonyl (C=O) groups excluding carboxylic acids is 2. The fourth-order valence-electron chi connectivity index (χ4n) is 2.68. The van der Waals surface area contributed by atoms with Crippen molar-refractivity contribution < 1.29 is 29.3 Å². The summed E-state index contributed by atoms with van der Waals surface area (Å²) >= 11 is 0. The lowest BCUT2D eigenvalue weighted by Crippen LogP contribution is -2.61. The van der Waals surface area contributed by atoms with Gasteiger partial charge in [-0.15, -0.1) is 0 Å². The molecule has 1 aliphatic rings. The number of aliphatic hydroxyl groups excluding tert-OH is 2. The molecule has 1 fully saturated rings. The number of hydrogen-bond acceptors (Lipinski definition) is 6. The van der Waals surface area contributed by atoms with E-state index < -0.39 is 24.5 Å². The molecule has 0 aromatic carbocycles. The Labute approximate surface area is 137 Å². The Morgan fingerprint density at radius 3 is 2.48 bits per heavy atom. The number of Topliss-reactive ketones (excluding diaryl/α,β-unsaturated/α-hetero) is 1. The number of amides is 1. The lowest BCUT2D eigenvalue weighted by atomic mass is 9.89. The van der Waals surface area contributed by atoms with E-state index in [0.717, 1.165) is 19.3 Å². The summed E-state index contributed by atoms with van der Waals surface area (Å²) in [4.78, 5) is 22.2. The quantitative estimate of drug-likeness (QED) is 0.527. The number of carbonyl (C=O) groups is 2. The Morgan fingerprint density at radius 2 is 1.91 bits per heavy atom. The molecule has 134 valence electrons. The molecule has 1 aliphatic heterocycles. The van der Waals surface area contributed by atoms with Gasteiger partial charge in [0.25, 0.3) is 0 Å². The number of ketones is 1. The highest BCUT2D eigenvalue weighted by atomic mass is 16.7. The summed E-state index contributed by atoms with van der Waals surface area (Å²) < 4.78 is 11.3. The van der Waals surface area contributed by atoms with Gasteiger partial charge in [-0.3, -0.25) is 4.79 Å². The normalized spacial score (nSPS) is 30.9. The summed E-state index contributed by atoms with van der Waals surface area (Å²) in [6.07, 6.45) is 0.824. The van der Waals surface area contributed by atoms with Crippen LogP contribution >= 0.6 is 0 Å². The Kier molecular flexibility index (Phi) is 8.68. The van der Waals surface area contributed by atoms with Crippen LogP contribution in [0.1, 0.15) is 46.5 Å². The van der Waals surface area contributed by atoms with Gasteiger partial charge in [0.2, 0.25) is 5.91 Å². The molecule has 0 aromatic rings. The largest absolute Gasteiger partial charge is 0.394 e. The summed E-state index contributed by atoms with van der Waals surface area (Å²) in [6, 6.07) is -0.664. The Morgan fingerprint density at radius 1 is 1.22 bits per heavy atom. The molecule has 23 heavy (non-hydrogen) atoms. The third-order valence-corrected chi connectivity index (χ3v) is 4.10. The van der Waals surface area contributed by atoms with Crippen LogP contribution in [0.15, 0.2) is 0 Å². The first-order chi connectivity index (χ1) is 10.9. The molecule has 1 rings (SSSR count). The third kappa shape index (κ3) is 6.55. The van der Waals surface area contributed by atoms with Crippen LogP contribution in [-0.2, 0) is 19.1 Å². The summed E-state index contributed by atoms with van der Waals surface area (Å²) in [5, 5.41) is 22.3. The second-order valence-corrected chi connectivity index (χ2v) is 6.18. The monoisotopic (exact) mass is 331 g/mol. The van der Waals surface area contributed by atoms with Crippen molar-refractivity contribution in [2.75, 3.05) is 13.2 Å². The Hall–Kier alpha value is -1.02. The molecule has 0 radical (unpaired) electrons. The van der Waals surface area contributed by atoms with Crippen LogP contribution in [0.2, 0.25) is 0 Å². The van der Waals surface area contributed by atoms with Crippen molar-refractivity contribution in [3.8, 4) is 0 Å². The van der Waals surface area contributed by atoms with Crippen molar-refractivity contribution in [3.63, 3.8) is 0 Å². The fourth-order valence-corrected chi connectivity index (χ4v) is 2.68. The van der Waals surface area contributed by atoms with Crippen LogP contribution in [0.5, 0.6) is 0 Å². The van der Waals surface area contributed by atoms with Crippen LogP contribution in [0, 0.1) is 5.92 Å². The average Bonchev–Trinajstić information content (AvgIpc) is 2.48. The maximum Gasteiger partial charge on any atom is 0.217 e. The van der Waals surface area contributed by atoms with E-state index >= 15 is 0 Å². The molecule has 3 N–H and O–H groups in total. The molecule has 7 heteroatoms. The van der Waals surface area contributed by atoms with E-state index in [4.69, 9.17) is 9.47 Å². The second-order valence-electron chi connectivity index (χ2n) is 6.18. The number of aliphatic hydroxyl groups is 2. The zero-order chi connectivity index (χ0) is 17.4. The molecular formula is C16H29NO6. The first-order valence-corrected chi connectivity index (χ1v) is 8.19. The third-order valence-electron chi connectivity index (χ3n) is 4.10. The van der Waals surface area contributed by atoms with Crippen molar-refractivity contribution >= 4 is 11.7 Å². The van der Waals surface area contributed by atoms with Gasteiger partial charge in [-0.1, -0.05) is 13.3 Å². The Balaban J connectivity index is 2.49. The van der Waals surface area contributed by atoms with Gasteiger partial charge in [-0.25, -0.2) is 0 Å².